The number of nitrogens with one attached hydrogen (secondary N) is 1. The molecule has 19 heavy (non-hydrogen) atoms. The molecule has 4 nitrogen and oxygen atoms in total. The van der Waals surface area contributed by atoms with Crippen LogP contribution in [0.15, 0.2) is 30.7 Å². The van der Waals surface area contributed by atoms with E-state index in [4.69, 9.17) is 16.9 Å². The third kappa shape index (κ3) is 2.23. The Balaban J connectivity index is 2.01. The first-order valence-electron chi connectivity index (χ1n) is 6.22. The average molecular weight is 273 g/mol. The molecule has 1 N–H and O–H groups in total. The fourth-order valence-electron chi connectivity index (χ4n) is 2.47. The van der Waals surface area contributed by atoms with Crippen LogP contribution in [0, 0.1) is 11.3 Å². The fourth-order valence-corrected chi connectivity index (χ4v) is 2.69. The van der Waals surface area contributed by atoms with Gasteiger partial charge in [0, 0.05) is 30.0 Å². The van der Waals surface area contributed by atoms with E-state index in [0.717, 1.165) is 25.2 Å². The van der Waals surface area contributed by atoms with Gasteiger partial charge in [0.05, 0.1) is 16.9 Å². The molecule has 0 amide bonds. The molecule has 0 saturated carbocycles. The molecule has 1 aliphatic rings. The van der Waals surface area contributed by atoms with Gasteiger partial charge in [-0.05, 0) is 31.2 Å². The lowest BCUT2D eigenvalue weighted by Gasteiger charge is -2.13. The summed E-state index contributed by atoms with van der Waals surface area (Å²) in [4.78, 5) is 4.24. The second kappa shape index (κ2) is 5.04. The van der Waals surface area contributed by atoms with Gasteiger partial charge in [0.15, 0.2) is 0 Å². The number of rotatable bonds is 2. The second-order valence-corrected chi connectivity index (χ2v) is 5.06. The zero-order chi connectivity index (χ0) is 13.2. The van der Waals surface area contributed by atoms with Gasteiger partial charge < -0.3 is 9.88 Å². The molecule has 96 valence electrons. The number of aromatic nitrogens is 2. The number of hydrogen-bond donors (Lipinski definition) is 1. The van der Waals surface area contributed by atoms with Gasteiger partial charge in [-0.15, -0.1) is 0 Å². The molecule has 0 radical (unpaired) electrons. The molecule has 0 aliphatic carbocycles. The Morgan fingerprint density at radius 3 is 3.05 bits per heavy atom. The van der Waals surface area contributed by atoms with Crippen molar-refractivity contribution in [1.29, 1.82) is 5.26 Å². The van der Waals surface area contributed by atoms with Gasteiger partial charge in [-0.25, -0.2) is 4.98 Å². The van der Waals surface area contributed by atoms with Crippen LogP contribution in [0.2, 0.25) is 5.02 Å². The Kier molecular flexibility index (Phi) is 3.24. The van der Waals surface area contributed by atoms with Crippen molar-refractivity contribution in [3.63, 3.8) is 0 Å². The first-order chi connectivity index (χ1) is 9.29. The predicted octanol–water partition coefficient (Wildman–Crippen LogP) is 2.47. The lowest BCUT2D eigenvalue weighted by Crippen LogP contribution is -2.10. The van der Waals surface area contributed by atoms with Crippen molar-refractivity contribution in [3.05, 3.63) is 47.0 Å². The van der Waals surface area contributed by atoms with Crippen LogP contribution >= 0.6 is 11.6 Å². The summed E-state index contributed by atoms with van der Waals surface area (Å²) < 4.78 is 2.05. The molecule has 1 saturated heterocycles. The fraction of sp³-hybridized carbons (Fsp3) is 0.286. The van der Waals surface area contributed by atoms with Gasteiger partial charge in [0.1, 0.15) is 6.07 Å². The van der Waals surface area contributed by atoms with Gasteiger partial charge in [-0.2, -0.15) is 5.26 Å². The van der Waals surface area contributed by atoms with Crippen molar-refractivity contribution < 1.29 is 0 Å². The Morgan fingerprint density at radius 2 is 2.37 bits per heavy atom. The predicted molar refractivity (Wildman–Crippen MR) is 73.5 cm³/mol. The number of imidazole rings is 1. The number of nitriles is 1. The highest BCUT2D eigenvalue weighted by Gasteiger charge is 2.20. The molecule has 1 aliphatic heterocycles. The van der Waals surface area contributed by atoms with Crippen molar-refractivity contribution in [1.82, 2.24) is 14.9 Å². The van der Waals surface area contributed by atoms with Gasteiger partial charge in [-0.1, -0.05) is 11.6 Å². The largest absolute Gasteiger partial charge is 0.316 e. The molecule has 1 unspecified atom stereocenters. The molecule has 1 aromatic carbocycles. The van der Waals surface area contributed by atoms with Gasteiger partial charge in [0.2, 0.25) is 0 Å². The van der Waals surface area contributed by atoms with Crippen LogP contribution in [0.5, 0.6) is 0 Å². The van der Waals surface area contributed by atoms with Crippen LogP contribution in [-0.2, 0) is 0 Å². The van der Waals surface area contributed by atoms with Crippen molar-refractivity contribution >= 4 is 11.6 Å². The van der Waals surface area contributed by atoms with Crippen LogP contribution in [0.3, 0.4) is 0 Å². The summed E-state index contributed by atoms with van der Waals surface area (Å²) >= 11 is 6.09. The molecule has 3 rings (SSSR count). The summed E-state index contributed by atoms with van der Waals surface area (Å²) in [7, 11) is 0. The highest BCUT2D eigenvalue weighted by atomic mass is 35.5. The maximum Gasteiger partial charge on any atom is 0.101 e. The Morgan fingerprint density at radius 1 is 1.47 bits per heavy atom. The molecule has 1 fully saturated rings. The van der Waals surface area contributed by atoms with E-state index < -0.39 is 0 Å². The molecular weight excluding hydrogens is 260 g/mol. The molecule has 2 aromatic rings. The minimum Gasteiger partial charge on any atom is -0.316 e. The normalized spacial score (nSPS) is 18.4. The molecule has 0 bridgehead atoms. The van der Waals surface area contributed by atoms with Crippen LogP contribution in [-0.4, -0.2) is 22.6 Å². The average Bonchev–Trinajstić information content (AvgIpc) is 3.09. The minimum atomic E-state index is 0.476. The molecule has 1 atom stereocenters. The van der Waals surface area contributed by atoms with Gasteiger partial charge in [-0.3, -0.25) is 0 Å². The number of nitrogens with zero attached hydrogens (tertiary/aromatic N) is 3. The number of halogens is 1. The van der Waals surface area contributed by atoms with E-state index in [1.54, 1.807) is 12.4 Å². The van der Waals surface area contributed by atoms with Crippen LogP contribution in [0.1, 0.15) is 23.6 Å². The standard InChI is InChI=1S/C14H13ClN4/c15-13-5-12(2-1-10(13)6-16)19-9-18-8-14(19)11-3-4-17-7-11/h1-2,5,8-9,11,17H,3-4,7H2. The van der Waals surface area contributed by atoms with E-state index in [9.17, 15) is 0 Å². The third-order valence-corrected chi connectivity index (χ3v) is 3.81. The number of hydrogen-bond acceptors (Lipinski definition) is 3. The van der Waals surface area contributed by atoms with Crippen LogP contribution in [0.4, 0.5) is 0 Å². The lowest BCUT2D eigenvalue weighted by molar-refractivity contribution is 0.714. The lowest BCUT2D eigenvalue weighted by atomic mass is 10.1. The van der Waals surface area contributed by atoms with E-state index in [1.807, 2.05) is 22.9 Å². The Hall–Kier alpha value is -1.83. The summed E-state index contributed by atoms with van der Waals surface area (Å²) in [5.74, 6) is 0.483. The van der Waals surface area contributed by atoms with E-state index in [-0.39, 0.29) is 0 Å². The van der Waals surface area contributed by atoms with E-state index in [0.29, 0.717) is 16.5 Å². The van der Waals surface area contributed by atoms with E-state index in [2.05, 4.69) is 16.4 Å². The molecule has 5 heteroatoms. The third-order valence-electron chi connectivity index (χ3n) is 3.50. The second-order valence-electron chi connectivity index (χ2n) is 4.65. The first kappa shape index (κ1) is 12.2. The summed E-state index contributed by atoms with van der Waals surface area (Å²) in [6.45, 7) is 2.03. The molecule has 2 heterocycles. The van der Waals surface area contributed by atoms with Gasteiger partial charge in [0.25, 0.3) is 0 Å². The molecule has 1 aromatic heterocycles. The number of benzene rings is 1. The van der Waals surface area contributed by atoms with Crippen molar-refractivity contribution in [2.24, 2.45) is 0 Å². The summed E-state index contributed by atoms with van der Waals surface area (Å²) in [6.07, 6.45) is 4.82. The van der Waals surface area contributed by atoms with E-state index in [1.165, 1.54) is 5.69 Å². The SMILES string of the molecule is N#Cc1ccc(-n2cncc2C2CCNC2)cc1Cl. The Bertz CT molecular complexity index is 635. The van der Waals surface area contributed by atoms with Crippen LogP contribution < -0.4 is 5.32 Å². The topological polar surface area (TPSA) is 53.6 Å². The van der Waals surface area contributed by atoms with Crippen molar-refractivity contribution in [2.75, 3.05) is 13.1 Å². The summed E-state index contributed by atoms with van der Waals surface area (Å²) in [5.41, 5.74) is 2.63. The Labute approximate surface area is 116 Å². The van der Waals surface area contributed by atoms with Gasteiger partial charge >= 0.3 is 0 Å². The molecular formula is C14H13ClN4. The quantitative estimate of drug-likeness (QED) is 0.914. The minimum absolute atomic E-state index is 0.476. The highest BCUT2D eigenvalue weighted by Crippen LogP contribution is 2.26. The zero-order valence-electron chi connectivity index (χ0n) is 10.3. The highest BCUT2D eigenvalue weighted by molar-refractivity contribution is 6.31. The summed E-state index contributed by atoms with van der Waals surface area (Å²) in [6, 6.07) is 7.53. The first-order valence-corrected chi connectivity index (χ1v) is 6.60. The smallest absolute Gasteiger partial charge is 0.101 e. The van der Waals surface area contributed by atoms with Crippen LogP contribution in [0.25, 0.3) is 5.69 Å². The summed E-state index contributed by atoms with van der Waals surface area (Å²) in [5, 5.41) is 12.7. The van der Waals surface area contributed by atoms with Crippen molar-refractivity contribution in [3.8, 4) is 11.8 Å². The monoisotopic (exact) mass is 272 g/mol. The van der Waals surface area contributed by atoms with E-state index >= 15 is 0 Å². The van der Waals surface area contributed by atoms with Crippen molar-refractivity contribution in [2.45, 2.75) is 12.3 Å². The zero-order valence-corrected chi connectivity index (χ0v) is 11.1. The maximum absolute atomic E-state index is 8.91. The maximum atomic E-state index is 8.91. The molecule has 0 spiro atoms.